The second-order valence-corrected chi connectivity index (χ2v) is 4.74. The number of carbonyl (C=O) groups is 1. The van der Waals surface area contributed by atoms with Gasteiger partial charge in [-0.05, 0) is 36.2 Å². The van der Waals surface area contributed by atoms with Gasteiger partial charge in [0.25, 0.3) is 0 Å². The van der Waals surface area contributed by atoms with Gasteiger partial charge >= 0.3 is 5.97 Å². The molecule has 0 saturated carbocycles. The summed E-state index contributed by atoms with van der Waals surface area (Å²) in [5.41, 5.74) is 2.47. The average Bonchev–Trinajstić information content (AvgIpc) is 2.52. The smallest absolute Gasteiger partial charge is 0.341 e. The van der Waals surface area contributed by atoms with Crippen molar-refractivity contribution >= 4 is 5.97 Å². The van der Waals surface area contributed by atoms with E-state index < -0.39 is 5.97 Å². The summed E-state index contributed by atoms with van der Waals surface area (Å²) in [6.07, 6.45) is 1.00. The zero-order valence-corrected chi connectivity index (χ0v) is 11.8. The zero-order chi connectivity index (χ0) is 14.9. The van der Waals surface area contributed by atoms with E-state index in [1.54, 1.807) is 12.1 Å². The average molecular weight is 285 g/mol. The van der Waals surface area contributed by atoms with Crippen LogP contribution in [0.3, 0.4) is 0 Å². The number of carboxylic acids is 1. The summed E-state index contributed by atoms with van der Waals surface area (Å²) in [4.78, 5) is 10.4. The van der Waals surface area contributed by atoms with E-state index >= 15 is 0 Å². The molecule has 0 aliphatic rings. The third kappa shape index (κ3) is 5.67. The number of nitrogens with one attached hydrogen (secondary N) is 1. The van der Waals surface area contributed by atoms with Gasteiger partial charge in [-0.15, -0.1) is 0 Å². The Labute approximate surface area is 124 Å². The molecule has 0 unspecified atom stereocenters. The molecule has 2 rings (SSSR count). The molecule has 0 fully saturated rings. The van der Waals surface area contributed by atoms with Crippen molar-refractivity contribution in [2.45, 2.75) is 13.0 Å². The fourth-order valence-electron chi connectivity index (χ4n) is 1.96. The van der Waals surface area contributed by atoms with Crippen LogP contribution >= 0.6 is 0 Å². The Kier molecular flexibility index (Phi) is 5.79. The van der Waals surface area contributed by atoms with Gasteiger partial charge < -0.3 is 15.2 Å². The fourth-order valence-corrected chi connectivity index (χ4v) is 1.96. The first-order valence-electron chi connectivity index (χ1n) is 6.92. The molecule has 2 N–H and O–H groups in total. The van der Waals surface area contributed by atoms with Gasteiger partial charge in [0.2, 0.25) is 0 Å². The molecule has 4 heteroatoms. The SMILES string of the molecule is O=C(O)COc1ccc(CNCCc2ccccc2)cc1. The zero-order valence-electron chi connectivity index (χ0n) is 11.8. The van der Waals surface area contributed by atoms with Crippen molar-refractivity contribution in [2.75, 3.05) is 13.2 Å². The highest BCUT2D eigenvalue weighted by Crippen LogP contribution is 2.12. The number of hydrogen-bond acceptors (Lipinski definition) is 3. The lowest BCUT2D eigenvalue weighted by molar-refractivity contribution is -0.139. The summed E-state index contributed by atoms with van der Waals surface area (Å²) in [5.74, 6) is -0.396. The van der Waals surface area contributed by atoms with E-state index in [-0.39, 0.29) is 6.61 Å². The predicted octanol–water partition coefficient (Wildman–Crippen LogP) is 2.48. The maximum atomic E-state index is 10.4. The molecule has 0 amide bonds. The predicted molar refractivity (Wildman–Crippen MR) is 81.4 cm³/mol. The Balaban J connectivity index is 1.70. The molecule has 2 aromatic carbocycles. The topological polar surface area (TPSA) is 58.6 Å². The maximum Gasteiger partial charge on any atom is 0.341 e. The molecule has 4 nitrogen and oxygen atoms in total. The number of hydrogen-bond donors (Lipinski definition) is 2. The minimum absolute atomic E-state index is 0.311. The lowest BCUT2D eigenvalue weighted by Crippen LogP contribution is -2.16. The molecule has 0 aliphatic heterocycles. The van der Waals surface area contributed by atoms with Crippen LogP contribution in [0, 0.1) is 0 Å². The highest BCUT2D eigenvalue weighted by molar-refractivity contribution is 5.68. The van der Waals surface area contributed by atoms with Crippen molar-refractivity contribution in [2.24, 2.45) is 0 Å². The van der Waals surface area contributed by atoms with Gasteiger partial charge in [-0.1, -0.05) is 42.5 Å². The Bertz CT molecular complexity index is 552. The molecule has 0 atom stereocenters. The molecule has 21 heavy (non-hydrogen) atoms. The molecular weight excluding hydrogens is 266 g/mol. The number of ether oxygens (including phenoxy) is 1. The first kappa shape index (κ1) is 15.1. The normalized spacial score (nSPS) is 10.3. The molecule has 0 spiro atoms. The van der Waals surface area contributed by atoms with Crippen molar-refractivity contribution in [3.63, 3.8) is 0 Å². The minimum atomic E-state index is -0.971. The van der Waals surface area contributed by atoms with Gasteiger partial charge in [-0.25, -0.2) is 4.79 Å². The Morgan fingerprint density at radius 2 is 1.71 bits per heavy atom. The molecule has 0 heterocycles. The van der Waals surface area contributed by atoms with E-state index in [1.807, 2.05) is 30.3 Å². The van der Waals surface area contributed by atoms with Crippen molar-refractivity contribution in [3.05, 3.63) is 65.7 Å². The molecule has 0 aliphatic carbocycles. The van der Waals surface area contributed by atoms with E-state index in [0.29, 0.717) is 5.75 Å². The van der Waals surface area contributed by atoms with Gasteiger partial charge in [0.15, 0.2) is 6.61 Å². The summed E-state index contributed by atoms with van der Waals surface area (Å²) in [7, 11) is 0. The number of carboxylic acid groups (broad SMARTS) is 1. The van der Waals surface area contributed by atoms with E-state index in [2.05, 4.69) is 17.4 Å². The second-order valence-electron chi connectivity index (χ2n) is 4.74. The van der Waals surface area contributed by atoms with Gasteiger partial charge in [0, 0.05) is 6.54 Å². The van der Waals surface area contributed by atoms with Crippen molar-refractivity contribution < 1.29 is 14.6 Å². The van der Waals surface area contributed by atoms with Gasteiger partial charge in [-0.2, -0.15) is 0 Å². The number of benzene rings is 2. The summed E-state index contributed by atoms with van der Waals surface area (Å²) in [6, 6.07) is 17.8. The van der Waals surface area contributed by atoms with Gasteiger partial charge in [0.1, 0.15) is 5.75 Å². The maximum absolute atomic E-state index is 10.4. The minimum Gasteiger partial charge on any atom is -0.482 e. The largest absolute Gasteiger partial charge is 0.482 e. The molecule has 0 radical (unpaired) electrons. The van der Waals surface area contributed by atoms with Crippen LogP contribution in [0.1, 0.15) is 11.1 Å². The van der Waals surface area contributed by atoms with Crippen LogP contribution in [0.5, 0.6) is 5.75 Å². The van der Waals surface area contributed by atoms with Crippen LogP contribution in [0.25, 0.3) is 0 Å². The first-order chi connectivity index (χ1) is 10.2. The molecular formula is C17H19NO3. The Morgan fingerprint density at radius 1 is 1.00 bits per heavy atom. The van der Waals surface area contributed by atoms with E-state index in [4.69, 9.17) is 9.84 Å². The highest BCUT2D eigenvalue weighted by atomic mass is 16.5. The highest BCUT2D eigenvalue weighted by Gasteiger charge is 1.99. The fraction of sp³-hybridized carbons (Fsp3) is 0.235. The lowest BCUT2D eigenvalue weighted by atomic mass is 10.1. The summed E-state index contributed by atoms with van der Waals surface area (Å²) in [6.45, 7) is 1.39. The molecule has 0 bridgehead atoms. The van der Waals surface area contributed by atoms with Crippen LogP contribution in [0.15, 0.2) is 54.6 Å². The molecule has 110 valence electrons. The molecule has 0 aromatic heterocycles. The van der Waals surface area contributed by atoms with Crippen molar-refractivity contribution in [1.82, 2.24) is 5.32 Å². The summed E-state index contributed by atoms with van der Waals surface area (Å²) in [5, 5.41) is 11.9. The second kappa shape index (κ2) is 8.07. The van der Waals surface area contributed by atoms with Gasteiger partial charge in [0.05, 0.1) is 0 Å². The van der Waals surface area contributed by atoms with Crippen LogP contribution in [-0.2, 0) is 17.8 Å². The quantitative estimate of drug-likeness (QED) is 0.732. The van der Waals surface area contributed by atoms with Crippen LogP contribution in [0.2, 0.25) is 0 Å². The van der Waals surface area contributed by atoms with Crippen LogP contribution in [0.4, 0.5) is 0 Å². The lowest BCUT2D eigenvalue weighted by Gasteiger charge is -2.07. The van der Waals surface area contributed by atoms with E-state index in [0.717, 1.165) is 25.1 Å². The third-order valence-electron chi connectivity index (χ3n) is 3.05. The number of rotatable bonds is 8. The summed E-state index contributed by atoms with van der Waals surface area (Å²) < 4.78 is 5.09. The monoisotopic (exact) mass is 285 g/mol. The van der Waals surface area contributed by atoms with Gasteiger partial charge in [-0.3, -0.25) is 0 Å². The first-order valence-corrected chi connectivity index (χ1v) is 6.92. The Morgan fingerprint density at radius 3 is 2.38 bits per heavy atom. The van der Waals surface area contributed by atoms with Crippen molar-refractivity contribution in [3.8, 4) is 5.75 Å². The van der Waals surface area contributed by atoms with Crippen LogP contribution < -0.4 is 10.1 Å². The van der Waals surface area contributed by atoms with E-state index in [1.165, 1.54) is 5.56 Å². The van der Waals surface area contributed by atoms with Crippen LogP contribution in [-0.4, -0.2) is 24.2 Å². The Hall–Kier alpha value is -2.33. The molecule has 0 saturated heterocycles. The van der Waals surface area contributed by atoms with Crippen molar-refractivity contribution in [1.29, 1.82) is 0 Å². The van der Waals surface area contributed by atoms with E-state index in [9.17, 15) is 4.79 Å². The third-order valence-corrected chi connectivity index (χ3v) is 3.05. The standard InChI is InChI=1S/C17H19NO3/c19-17(20)13-21-16-8-6-15(7-9-16)12-18-11-10-14-4-2-1-3-5-14/h1-9,18H,10-13H2,(H,19,20). The molecule has 2 aromatic rings. The summed E-state index contributed by atoms with van der Waals surface area (Å²) >= 11 is 0. The number of aliphatic carboxylic acids is 1.